The van der Waals surface area contributed by atoms with Crippen LogP contribution in [0, 0.1) is 0 Å². The van der Waals surface area contributed by atoms with E-state index in [2.05, 4.69) is 20.0 Å². The average molecular weight is 567 g/mol. The van der Waals surface area contributed by atoms with Crippen LogP contribution in [-0.4, -0.2) is 34.0 Å². The van der Waals surface area contributed by atoms with Crippen LogP contribution in [0.4, 0.5) is 19.1 Å². The van der Waals surface area contributed by atoms with Crippen molar-refractivity contribution in [3.8, 4) is 22.6 Å². The summed E-state index contributed by atoms with van der Waals surface area (Å²) in [6, 6.07) is 19.6. The van der Waals surface area contributed by atoms with E-state index in [0.717, 1.165) is 24.0 Å². The van der Waals surface area contributed by atoms with Crippen LogP contribution in [0.3, 0.4) is 0 Å². The minimum Gasteiger partial charge on any atom is -0.348 e. The van der Waals surface area contributed by atoms with Crippen LogP contribution in [0.1, 0.15) is 29.7 Å². The molecule has 0 fully saturated rings. The van der Waals surface area contributed by atoms with Gasteiger partial charge in [-0.3, -0.25) is 4.40 Å². The Labute approximate surface area is 229 Å². The lowest BCUT2D eigenvalue weighted by atomic mass is 10.0. The van der Waals surface area contributed by atoms with Gasteiger partial charge < -0.3 is 5.32 Å². The van der Waals surface area contributed by atoms with Crippen LogP contribution in [0.15, 0.2) is 85.2 Å². The first kappa shape index (κ1) is 27.3. The van der Waals surface area contributed by atoms with Gasteiger partial charge in [-0.15, -0.1) is 0 Å². The molecule has 1 atom stereocenters. The predicted octanol–water partition coefficient (Wildman–Crippen LogP) is 5.70. The molecule has 0 unspecified atom stereocenters. The van der Waals surface area contributed by atoms with Crippen molar-refractivity contribution >= 4 is 21.6 Å². The SMILES string of the molecule is C[C@@H](Nc1nccc(-c2c(-c3cccc(C(F)(F)F)c3)nc3c(CNS(C)(=O)=O)cccn23)n1)c1ccccc1. The molecule has 0 aliphatic rings. The van der Waals surface area contributed by atoms with Crippen molar-refractivity contribution in [1.82, 2.24) is 24.1 Å². The molecule has 2 N–H and O–H groups in total. The number of benzene rings is 2. The van der Waals surface area contributed by atoms with E-state index in [0.29, 0.717) is 28.5 Å². The fraction of sp³-hybridized carbons (Fsp3) is 0.179. The molecule has 0 amide bonds. The van der Waals surface area contributed by atoms with Crippen LogP contribution in [0.25, 0.3) is 28.3 Å². The van der Waals surface area contributed by atoms with E-state index >= 15 is 0 Å². The third-order valence-corrected chi connectivity index (χ3v) is 6.93. The number of aromatic nitrogens is 4. The van der Waals surface area contributed by atoms with Crippen molar-refractivity contribution in [3.63, 3.8) is 0 Å². The summed E-state index contributed by atoms with van der Waals surface area (Å²) in [6.45, 7) is 1.92. The van der Waals surface area contributed by atoms with Gasteiger partial charge in [-0.25, -0.2) is 28.1 Å². The lowest BCUT2D eigenvalue weighted by Gasteiger charge is -2.15. The Balaban J connectivity index is 1.65. The molecule has 0 aliphatic carbocycles. The number of alkyl halides is 3. The Morgan fingerprint density at radius 3 is 2.48 bits per heavy atom. The summed E-state index contributed by atoms with van der Waals surface area (Å²) in [5, 5.41) is 3.27. The molecule has 0 radical (unpaired) electrons. The molecular weight excluding hydrogens is 541 g/mol. The Hall–Kier alpha value is -4.29. The van der Waals surface area contributed by atoms with Crippen molar-refractivity contribution in [2.75, 3.05) is 11.6 Å². The minimum absolute atomic E-state index is 0.0488. The second-order valence-corrected chi connectivity index (χ2v) is 11.1. The molecule has 0 aliphatic heterocycles. The summed E-state index contributed by atoms with van der Waals surface area (Å²) in [5.74, 6) is 0.327. The number of pyridine rings is 1. The van der Waals surface area contributed by atoms with E-state index in [1.54, 1.807) is 41.1 Å². The second kappa shape index (κ2) is 10.7. The fourth-order valence-corrected chi connectivity index (χ4v) is 4.76. The first-order chi connectivity index (χ1) is 19.0. The van der Waals surface area contributed by atoms with Crippen LogP contribution in [-0.2, 0) is 22.7 Å². The number of hydrogen-bond acceptors (Lipinski definition) is 6. The van der Waals surface area contributed by atoms with Gasteiger partial charge in [0.25, 0.3) is 0 Å². The summed E-state index contributed by atoms with van der Waals surface area (Å²) >= 11 is 0. The number of rotatable bonds is 8. The number of halogens is 3. The maximum Gasteiger partial charge on any atom is 0.416 e. The smallest absolute Gasteiger partial charge is 0.348 e. The lowest BCUT2D eigenvalue weighted by molar-refractivity contribution is -0.137. The zero-order valence-electron chi connectivity index (χ0n) is 21.5. The highest BCUT2D eigenvalue weighted by Gasteiger charge is 2.31. The zero-order chi connectivity index (χ0) is 28.5. The Kier molecular flexibility index (Phi) is 7.30. The predicted molar refractivity (Wildman–Crippen MR) is 147 cm³/mol. The number of nitrogens with one attached hydrogen (secondary N) is 2. The van der Waals surface area contributed by atoms with Gasteiger partial charge in [0, 0.05) is 30.1 Å². The number of hydrogen-bond donors (Lipinski definition) is 2. The van der Waals surface area contributed by atoms with Crippen molar-refractivity contribution in [2.24, 2.45) is 0 Å². The largest absolute Gasteiger partial charge is 0.416 e. The lowest BCUT2D eigenvalue weighted by Crippen LogP contribution is -2.21. The monoisotopic (exact) mass is 566 g/mol. The number of imidazole rings is 1. The van der Waals surface area contributed by atoms with Crippen LogP contribution >= 0.6 is 0 Å². The third-order valence-electron chi connectivity index (χ3n) is 6.26. The van der Waals surface area contributed by atoms with E-state index in [-0.39, 0.29) is 23.8 Å². The molecule has 206 valence electrons. The molecule has 0 bridgehead atoms. The van der Waals surface area contributed by atoms with Crippen LogP contribution < -0.4 is 10.0 Å². The maximum absolute atomic E-state index is 13.6. The maximum atomic E-state index is 13.6. The summed E-state index contributed by atoms with van der Waals surface area (Å²) < 4.78 is 68.4. The molecule has 0 saturated carbocycles. The summed E-state index contributed by atoms with van der Waals surface area (Å²) in [5.41, 5.74) is 2.50. The number of fused-ring (bicyclic) bond motifs is 1. The Morgan fingerprint density at radius 2 is 1.75 bits per heavy atom. The van der Waals surface area contributed by atoms with Crippen molar-refractivity contribution < 1.29 is 21.6 Å². The standard InChI is InChI=1S/C28H25F3N6O2S/c1-18(19-8-4-3-5-9-19)34-27-32-14-13-23(35-27)25-24(20-10-6-12-22(16-20)28(29,30)31)36-26-21(11-7-15-37(25)26)17-33-40(2,38)39/h3-16,18,33H,17H2,1-2H3,(H,32,34,35)/t18-/m1/s1. The minimum atomic E-state index is -4.54. The van der Waals surface area contributed by atoms with Gasteiger partial charge in [0.15, 0.2) is 0 Å². The molecular formula is C28H25F3N6O2S. The molecule has 5 aromatic rings. The van der Waals surface area contributed by atoms with Crippen molar-refractivity contribution in [3.05, 3.63) is 102 Å². The molecule has 12 heteroatoms. The molecule has 0 saturated heterocycles. The van der Waals surface area contributed by atoms with Crippen LogP contribution in [0.5, 0.6) is 0 Å². The average Bonchev–Trinajstić information content (AvgIpc) is 3.32. The van der Waals surface area contributed by atoms with Gasteiger partial charge in [0.1, 0.15) is 5.65 Å². The third kappa shape index (κ3) is 5.97. The summed E-state index contributed by atoms with van der Waals surface area (Å²) in [6.07, 6.45) is -0.225. The molecule has 0 spiro atoms. The summed E-state index contributed by atoms with van der Waals surface area (Å²) in [7, 11) is -3.50. The second-order valence-electron chi connectivity index (χ2n) is 9.25. The van der Waals surface area contributed by atoms with Gasteiger partial charge in [-0.05, 0) is 36.8 Å². The molecule has 5 rings (SSSR count). The highest BCUT2D eigenvalue weighted by Crippen LogP contribution is 2.36. The van der Waals surface area contributed by atoms with E-state index < -0.39 is 21.8 Å². The Morgan fingerprint density at radius 1 is 0.975 bits per heavy atom. The highest BCUT2D eigenvalue weighted by molar-refractivity contribution is 7.88. The van der Waals surface area contributed by atoms with Crippen LogP contribution in [0.2, 0.25) is 0 Å². The molecule has 40 heavy (non-hydrogen) atoms. The van der Waals surface area contributed by atoms with Crippen molar-refractivity contribution in [1.29, 1.82) is 0 Å². The molecule has 2 aromatic carbocycles. The van der Waals surface area contributed by atoms with E-state index in [1.165, 1.54) is 6.07 Å². The molecule has 3 heterocycles. The first-order valence-corrected chi connectivity index (χ1v) is 14.2. The Bertz CT molecular complexity index is 1770. The highest BCUT2D eigenvalue weighted by atomic mass is 32.2. The summed E-state index contributed by atoms with van der Waals surface area (Å²) in [4.78, 5) is 13.7. The van der Waals surface area contributed by atoms with Gasteiger partial charge in [0.2, 0.25) is 16.0 Å². The first-order valence-electron chi connectivity index (χ1n) is 12.3. The molecule has 3 aromatic heterocycles. The number of nitrogens with zero attached hydrogens (tertiary/aromatic N) is 4. The van der Waals surface area contributed by atoms with Gasteiger partial charge in [0.05, 0.1) is 34.9 Å². The number of sulfonamides is 1. The quantitative estimate of drug-likeness (QED) is 0.250. The number of anilines is 1. The van der Waals surface area contributed by atoms with E-state index in [1.807, 2.05) is 37.3 Å². The van der Waals surface area contributed by atoms with Gasteiger partial charge in [-0.1, -0.05) is 48.5 Å². The van der Waals surface area contributed by atoms with E-state index in [9.17, 15) is 21.6 Å². The van der Waals surface area contributed by atoms with Gasteiger partial charge in [-0.2, -0.15) is 13.2 Å². The van der Waals surface area contributed by atoms with Crippen molar-refractivity contribution in [2.45, 2.75) is 25.7 Å². The zero-order valence-corrected chi connectivity index (χ0v) is 22.3. The molecule has 8 nitrogen and oxygen atoms in total. The van der Waals surface area contributed by atoms with E-state index in [4.69, 9.17) is 4.98 Å². The van der Waals surface area contributed by atoms with Gasteiger partial charge >= 0.3 is 6.18 Å². The normalized spacial score (nSPS) is 12.9. The fourth-order valence-electron chi connectivity index (χ4n) is 4.34. The topological polar surface area (TPSA) is 101 Å².